The van der Waals surface area contributed by atoms with Crippen molar-refractivity contribution in [2.45, 2.75) is 24.9 Å². The van der Waals surface area contributed by atoms with Crippen LogP contribution in [0.3, 0.4) is 0 Å². The van der Waals surface area contributed by atoms with Crippen molar-refractivity contribution in [3.63, 3.8) is 0 Å². The Morgan fingerprint density at radius 3 is 2.72 bits per heavy atom. The first-order valence-electron chi connectivity index (χ1n) is 10.6. The summed E-state index contributed by atoms with van der Waals surface area (Å²) in [5.74, 6) is 2.85. The smallest absolute Gasteiger partial charge is 0.258 e. The van der Waals surface area contributed by atoms with Crippen LogP contribution in [0, 0.1) is 0 Å². The first-order valence-corrected chi connectivity index (χ1v) is 10.6. The van der Waals surface area contributed by atoms with Crippen LogP contribution in [0.4, 0.5) is 0 Å². The van der Waals surface area contributed by atoms with Crippen LogP contribution < -0.4 is 14.2 Å². The third kappa shape index (κ3) is 3.75. The summed E-state index contributed by atoms with van der Waals surface area (Å²) in [5, 5.41) is 4.19. The van der Waals surface area contributed by atoms with Crippen molar-refractivity contribution in [3.05, 3.63) is 72.6 Å². The van der Waals surface area contributed by atoms with Gasteiger partial charge >= 0.3 is 0 Å². The Kier molecular flexibility index (Phi) is 4.49. The predicted molar refractivity (Wildman–Crippen MR) is 116 cm³/mol. The molecule has 4 aromatic rings. The van der Waals surface area contributed by atoms with Crippen molar-refractivity contribution >= 4 is 0 Å². The largest absolute Gasteiger partial charge is 0.484 e. The van der Waals surface area contributed by atoms with Gasteiger partial charge in [-0.15, -0.1) is 0 Å². The molecule has 1 aliphatic heterocycles. The van der Waals surface area contributed by atoms with Crippen LogP contribution >= 0.6 is 0 Å². The van der Waals surface area contributed by atoms with E-state index in [1.807, 2.05) is 25.5 Å². The van der Waals surface area contributed by atoms with E-state index < -0.39 is 0 Å². The van der Waals surface area contributed by atoms with E-state index >= 15 is 0 Å². The van der Waals surface area contributed by atoms with Gasteiger partial charge in [-0.3, -0.25) is 14.6 Å². The van der Waals surface area contributed by atoms with Crippen LogP contribution in [-0.4, -0.2) is 31.3 Å². The van der Waals surface area contributed by atoms with Crippen LogP contribution in [-0.2, 0) is 7.05 Å². The average Bonchev–Trinajstić information content (AvgIpc) is 3.59. The number of aromatic nitrogens is 5. The van der Waals surface area contributed by atoms with Gasteiger partial charge in [0.1, 0.15) is 18.1 Å². The molecule has 1 atom stereocenters. The molecule has 1 fully saturated rings. The lowest BCUT2D eigenvalue weighted by Crippen LogP contribution is -2.22. The molecule has 160 valence electrons. The Labute approximate surface area is 184 Å². The van der Waals surface area contributed by atoms with E-state index in [4.69, 9.17) is 14.2 Å². The van der Waals surface area contributed by atoms with Crippen molar-refractivity contribution in [3.8, 4) is 34.4 Å². The molecule has 32 heavy (non-hydrogen) atoms. The summed E-state index contributed by atoms with van der Waals surface area (Å²) < 4.78 is 19.7. The van der Waals surface area contributed by atoms with E-state index in [0.717, 1.165) is 22.5 Å². The zero-order valence-electron chi connectivity index (χ0n) is 17.5. The number of aryl methyl sites for hydroxylation is 1. The van der Waals surface area contributed by atoms with Crippen molar-refractivity contribution in [1.29, 1.82) is 0 Å². The van der Waals surface area contributed by atoms with E-state index in [1.54, 1.807) is 35.4 Å². The number of pyridine rings is 3. The third-order valence-electron chi connectivity index (χ3n) is 5.58. The van der Waals surface area contributed by atoms with Crippen LogP contribution in [0.5, 0.6) is 23.1 Å². The Hall–Kier alpha value is -3.94. The third-order valence-corrected chi connectivity index (χ3v) is 5.58. The van der Waals surface area contributed by atoms with Crippen LogP contribution in [0.1, 0.15) is 36.1 Å². The van der Waals surface area contributed by atoms with Gasteiger partial charge in [-0.05, 0) is 25.0 Å². The highest BCUT2D eigenvalue weighted by Crippen LogP contribution is 2.40. The molecule has 0 amide bonds. The lowest BCUT2D eigenvalue weighted by molar-refractivity contribution is 0.0844. The Bertz CT molecular complexity index is 1270. The highest BCUT2D eigenvalue weighted by Gasteiger charge is 2.27. The maximum absolute atomic E-state index is 6.07. The Morgan fingerprint density at radius 2 is 1.94 bits per heavy atom. The molecule has 0 aromatic carbocycles. The zero-order valence-corrected chi connectivity index (χ0v) is 17.5. The fraction of sp³-hybridized carbons (Fsp3) is 0.250. The predicted octanol–water partition coefficient (Wildman–Crippen LogP) is 4.45. The molecule has 0 bridgehead atoms. The van der Waals surface area contributed by atoms with Gasteiger partial charge in [0.25, 0.3) is 5.88 Å². The van der Waals surface area contributed by atoms with E-state index in [2.05, 4.69) is 32.2 Å². The van der Waals surface area contributed by atoms with Gasteiger partial charge in [0, 0.05) is 60.5 Å². The summed E-state index contributed by atoms with van der Waals surface area (Å²) in [6.07, 6.45) is 11.1. The molecule has 0 radical (unpaired) electrons. The maximum Gasteiger partial charge on any atom is 0.258 e. The second-order valence-electron chi connectivity index (χ2n) is 8.06. The van der Waals surface area contributed by atoms with Crippen molar-refractivity contribution < 1.29 is 14.2 Å². The van der Waals surface area contributed by atoms with Gasteiger partial charge in [-0.25, -0.2) is 4.98 Å². The van der Waals surface area contributed by atoms with E-state index in [9.17, 15) is 0 Å². The molecule has 1 saturated carbocycles. The molecule has 4 aromatic heterocycles. The normalized spacial score (nSPS) is 17.2. The van der Waals surface area contributed by atoms with Gasteiger partial charge < -0.3 is 14.2 Å². The molecule has 1 unspecified atom stereocenters. The minimum atomic E-state index is -0.232. The highest BCUT2D eigenvalue weighted by atomic mass is 16.6. The zero-order chi connectivity index (χ0) is 21.5. The first kappa shape index (κ1) is 18.8. The second kappa shape index (κ2) is 7.64. The molecule has 8 heteroatoms. The topological polar surface area (TPSA) is 84.2 Å². The monoisotopic (exact) mass is 427 g/mol. The number of fused-ring (bicyclic) bond motifs is 1. The van der Waals surface area contributed by atoms with Crippen molar-refractivity contribution in [1.82, 2.24) is 24.7 Å². The maximum atomic E-state index is 6.07. The lowest BCUT2D eigenvalue weighted by atomic mass is 10.1. The molecule has 0 N–H and O–H groups in total. The summed E-state index contributed by atoms with van der Waals surface area (Å²) in [7, 11) is 1.87. The SMILES string of the molecule is Cn1cc(-c2cc(Oc3cnc4c(c3)OCC(c3ccc(C5CC5)nc3)O4)ccn2)cn1. The molecule has 5 heterocycles. The number of ether oxygens (including phenoxy) is 3. The standard InChI is InChI=1S/C24H21N5O3/c1-29-13-17(11-28-29)21-8-18(6-7-25-21)31-19-9-22-24(27-12-19)32-23(14-30-22)16-4-5-20(26-10-16)15-2-3-15/h4-13,15,23H,2-3,14H2,1H3. The second-order valence-corrected chi connectivity index (χ2v) is 8.06. The van der Waals surface area contributed by atoms with E-state index in [-0.39, 0.29) is 6.10 Å². The van der Waals surface area contributed by atoms with Crippen LogP contribution in [0.2, 0.25) is 0 Å². The minimum absolute atomic E-state index is 0.232. The molecular weight excluding hydrogens is 406 g/mol. The van der Waals surface area contributed by atoms with Gasteiger partial charge in [0.05, 0.1) is 18.1 Å². The highest BCUT2D eigenvalue weighted by molar-refractivity contribution is 5.59. The van der Waals surface area contributed by atoms with Crippen LogP contribution in [0.15, 0.2) is 61.3 Å². The molecule has 8 nitrogen and oxygen atoms in total. The van der Waals surface area contributed by atoms with Crippen molar-refractivity contribution in [2.75, 3.05) is 6.61 Å². The average molecular weight is 427 g/mol. The summed E-state index contributed by atoms with van der Waals surface area (Å²) >= 11 is 0. The number of rotatable bonds is 5. The lowest BCUT2D eigenvalue weighted by Gasteiger charge is -2.26. The van der Waals surface area contributed by atoms with Crippen molar-refractivity contribution in [2.24, 2.45) is 7.05 Å². The summed E-state index contributed by atoms with van der Waals surface area (Å²) in [4.78, 5) is 13.4. The van der Waals surface area contributed by atoms with Gasteiger partial charge in [-0.1, -0.05) is 6.07 Å². The number of nitrogens with zero attached hydrogens (tertiary/aromatic N) is 5. The molecular formula is C24H21N5O3. The summed E-state index contributed by atoms with van der Waals surface area (Å²) in [6.45, 7) is 0.392. The molecule has 0 saturated heterocycles. The fourth-order valence-corrected chi connectivity index (χ4v) is 3.71. The van der Waals surface area contributed by atoms with Gasteiger partial charge in [-0.2, -0.15) is 5.10 Å². The number of hydrogen-bond acceptors (Lipinski definition) is 7. The van der Waals surface area contributed by atoms with Gasteiger partial charge in [0.2, 0.25) is 0 Å². The van der Waals surface area contributed by atoms with Gasteiger partial charge in [0.15, 0.2) is 11.9 Å². The quantitative estimate of drug-likeness (QED) is 0.465. The fourth-order valence-electron chi connectivity index (χ4n) is 3.71. The molecule has 1 aliphatic carbocycles. The molecule has 6 rings (SSSR count). The molecule has 2 aliphatic rings. The van der Waals surface area contributed by atoms with E-state index in [1.165, 1.54) is 12.8 Å². The van der Waals surface area contributed by atoms with E-state index in [0.29, 0.717) is 35.7 Å². The minimum Gasteiger partial charge on any atom is -0.484 e. The first-order chi connectivity index (χ1) is 15.7. The Morgan fingerprint density at radius 1 is 1.00 bits per heavy atom. The Balaban J connectivity index is 1.17. The van der Waals surface area contributed by atoms with Crippen LogP contribution in [0.25, 0.3) is 11.3 Å². The summed E-state index contributed by atoms with van der Waals surface area (Å²) in [6, 6.07) is 9.61. The number of hydrogen-bond donors (Lipinski definition) is 0. The summed E-state index contributed by atoms with van der Waals surface area (Å²) in [5.41, 5.74) is 3.85. The molecule has 0 spiro atoms.